The summed E-state index contributed by atoms with van der Waals surface area (Å²) in [6, 6.07) is 1.47. The van der Waals surface area contributed by atoms with Gasteiger partial charge in [0.1, 0.15) is 17.9 Å². The third kappa shape index (κ3) is 3.02. The van der Waals surface area contributed by atoms with E-state index in [0.29, 0.717) is 5.69 Å². The van der Waals surface area contributed by atoms with Crippen LogP contribution in [0.5, 0.6) is 0 Å². The van der Waals surface area contributed by atoms with Crippen LogP contribution in [-0.2, 0) is 24.8 Å². The Balaban J connectivity index is 2.10. The number of hydrogen-bond donors (Lipinski definition) is 1. The molecule has 2 rings (SSSR count). The van der Waals surface area contributed by atoms with Crippen LogP contribution in [0.25, 0.3) is 0 Å². The number of aryl methyl sites for hydroxylation is 1. The fourth-order valence-corrected chi connectivity index (χ4v) is 1.79. The molecular weight excluding hydrogens is 264 g/mol. The van der Waals surface area contributed by atoms with E-state index in [-0.39, 0.29) is 30.2 Å². The highest BCUT2D eigenvalue weighted by Gasteiger charge is 2.20. The molecule has 0 unspecified atom stereocenters. The third-order valence-electron chi connectivity index (χ3n) is 2.68. The molecule has 2 aromatic heterocycles. The second kappa shape index (κ2) is 5.55. The molecule has 0 saturated carbocycles. The summed E-state index contributed by atoms with van der Waals surface area (Å²) in [4.78, 5) is 24.4. The number of aliphatic carboxylic acids is 1. The standard InChI is InChI=1S/C12H14N4O4/c1-15(6-8-7-16(2)14-13-8)12(19)9-3-4-20-10(9)5-11(17)18/h3-4,7H,5-6H2,1-2H3,(H,17,18). The number of aromatic nitrogens is 3. The maximum Gasteiger partial charge on any atom is 0.311 e. The molecule has 1 amide bonds. The molecule has 8 heteroatoms. The molecule has 2 aromatic rings. The van der Waals surface area contributed by atoms with Gasteiger partial charge in [0.05, 0.1) is 18.4 Å². The summed E-state index contributed by atoms with van der Waals surface area (Å²) >= 11 is 0. The fraction of sp³-hybridized carbons (Fsp3) is 0.333. The van der Waals surface area contributed by atoms with Crippen LogP contribution in [0.15, 0.2) is 22.9 Å². The van der Waals surface area contributed by atoms with Gasteiger partial charge in [0.2, 0.25) is 0 Å². The summed E-state index contributed by atoms with van der Waals surface area (Å²) in [5, 5.41) is 16.4. The summed E-state index contributed by atoms with van der Waals surface area (Å²) in [6.45, 7) is 0.282. The van der Waals surface area contributed by atoms with Gasteiger partial charge in [-0.15, -0.1) is 5.10 Å². The molecule has 0 aliphatic rings. The monoisotopic (exact) mass is 278 g/mol. The SMILES string of the molecule is CN(Cc1cn(C)nn1)C(=O)c1ccoc1CC(=O)O. The first-order chi connectivity index (χ1) is 9.47. The van der Waals surface area contributed by atoms with E-state index in [2.05, 4.69) is 10.3 Å². The van der Waals surface area contributed by atoms with Crippen LogP contribution >= 0.6 is 0 Å². The first kappa shape index (κ1) is 13.8. The first-order valence-electron chi connectivity index (χ1n) is 5.86. The lowest BCUT2D eigenvalue weighted by Crippen LogP contribution is -2.27. The minimum Gasteiger partial charge on any atom is -0.481 e. The van der Waals surface area contributed by atoms with Crippen molar-refractivity contribution in [3.05, 3.63) is 35.5 Å². The van der Waals surface area contributed by atoms with E-state index >= 15 is 0 Å². The van der Waals surface area contributed by atoms with Crippen molar-refractivity contribution in [1.29, 1.82) is 0 Å². The van der Waals surface area contributed by atoms with Crippen LogP contribution < -0.4 is 0 Å². The number of carboxylic acids is 1. The van der Waals surface area contributed by atoms with Crippen LogP contribution in [0.1, 0.15) is 21.8 Å². The van der Waals surface area contributed by atoms with Crippen LogP contribution in [-0.4, -0.2) is 43.9 Å². The van der Waals surface area contributed by atoms with Crippen LogP contribution in [0.4, 0.5) is 0 Å². The minimum atomic E-state index is -1.05. The Bertz CT molecular complexity index is 631. The van der Waals surface area contributed by atoms with Crippen molar-refractivity contribution in [2.75, 3.05) is 7.05 Å². The van der Waals surface area contributed by atoms with Crippen molar-refractivity contribution in [2.24, 2.45) is 7.05 Å². The highest BCUT2D eigenvalue weighted by molar-refractivity contribution is 5.95. The molecule has 0 atom stereocenters. The normalized spacial score (nSPS) is 10.5. The molecule has 0 radical (unpaired) electrons. The zero-order valence-electron chi connectivity index (χ0n) is 11.1. The van der Waals surface area contributed by atoms with Crippen molar-refractivity contribution in [1.82, 2.24) is 19.9 Å². The number of amides is 1. The Morgan fingerprint density at radius 3 is 2.85 bits per heavy atom. The van der Waals surface area contributed by atoms with Gasteiger partial charge in [0, 0.05) is 20.3 Å². The number of rotatable bonds is 5. The Kier molecular flexibility index (Phi) is 3.83. The Labute approximate surface area is 114 Å². The smallest absolute Gasteiger partial charge is 0.311 e. The van der Waals surface area contributed by atoms with Crippen LogP contribution in [0, 0.1) is 0 Å². The van der Waals surface area contributed by atoms with Crippen molar-refractivity contribution in [3.8, 4) is 0 Å². The van der Waals surface area contributed by atoms with E-state index in [1.165, 1.54) is 17.2 Å². The molecule has 1 N–H and O–H groups in total. The molecular formula is C12H14N4O4. The molecule has 0 aliphatic heterocycles. The van der Waals surface area contributed by atoms with Gasteiger partial charge >= 0.3 is 5.97 Å². The number of hydrogen-bond acceptors (Lipinski definition) is 5. The molecule has 8 nitrogen and oxygen atoms in total. The van der Waals surface area contributed by atoms with Gasteiger partial charge in [0.15, 0.2) is 0 Å². The van der Waals surface area contributed by atoms with Crippen LogP contribution in [0.3, 0.4) is 0 Å². The van der Waals surface area contributed by atoms with E-state index in [0.717, 1.165) is 0 Å². The summed E-state index contributed by atoms with van der Waals surface area (Å²) in [5.41, 5.74) is 0.894. The topological polar surface area (TPSA) is 101 Å². The van der Waals surface area contributed by atoms with Crippen molar-refractivity contribution in [2.45, 2.75) is 13.0 Å². The maximum atomic E-state index is 12.2. The van der Waals surface area contributed by atoms with E-state index in [4.69, 9.17) is 9.52 Å². The molecule has 20 heavy (non-hydrogen) atoms. The minimum absolute atomic E-state index is 0.147. The zero-order chi connectivity index (χ0) is 14.7. The van der Waals surface area contributed by atoms with Crippen molar-refractivity contribution < 1.29 is 19.1 Å². The van der Waals surface area contributed by atoms with Gasteiger partial charge in [-0.3, -0.25) is 14.3 Å². The van der Waals surface area contributed by atoms with Gasteiger partial charge in [-0.1, -0.05) is 5.21 Å². The average molecular weight is 278 g/mol. The number of furan rings is 1. The predicted molar refractivity (Wildman–Crippen MR) is 66.8 cm³/mol. The fourth-order valence-electron chi connectivity index (χ4n) is 1.79. The summed E-state index contributed by atoms with van der Waals surface area (Å²) in [7, 11) is 3.34. The predicted octanol–water partition coefficient (Wildman–Crippen LogP) is 0.307. The molecule has 0 bridgehead atoms. The summed E-state index contributed by atoms with van der Waals surface area (Å²) in [6.07, 6.45) is 2.69. The lowest BCUT2D eigenvalue weighted by Gasteiger charge is -2.15. The van der Waals surface area contributed by atoms with Gasteiger partial charge in [0.25, 0.3) is 5.91 Å². The maximum absolute atomic E-state index is 12.2. The molecule has 0 aliphatic carbocycles. The van der Waals surface area contributed by atoms with E-state index in [9.17, 15) is 9.59 Å². The van der Waals surface area contributed by atoms with Gasteiger partial charge in [-0.2, -0.15) is 0 Å². The van der Waals surface area contributed by atoms with E-state index in [1.807, 2.05) is 0 Å². The molecule has 0 saturated heterocycles. The number of nitrogens with zero attached hydrogens (tertiary/aromatic N) is 4. The van der Waals surface area contributed by atoms with E-state index in [1.54, 1.807) is 25.0 Å². The second-order valence-electron chi connectivity index (χ2n) is 4.37. The highest BCUT2D eigenvalue weighted by Crippen LogP contribution is 2.14. The summed E-state index contributed by atoms with van der Waals surface area (Å²) in [5.74, 6) is -1.22. The Hall–Kier alpha value is -2.64. The van der Waals surface area contributed by atoms with Crippen molar-refractivity contribution in [3.63, 3.8) is 0 Å². The third-order valence-corrected chi connectivity index (χ3v) is 2.68. The average Bonchev–Trinajstić information content (AvgIpc) is 2.97. The molecule has 0 spiro atoms. The second-order valence-corrected chi connectivity index (χ2v) is 4.37. The molecule has 106 valence electrons. The Morgan fingerprint density at radius 1 is 1.50 bits per heavy atom. The highest BCUT2D eigenvalue weighted by atomic mass is 16.4. The van der Waals surface area contributed by atoms with Gasteiger partial charge in [-0.25, -0.2) is 0 Å². The lowest BCUT2D eigenvalue weighted by molar-refractivity contribution is -0.136. The van der Waals surface area contributed by atoms with E-state index < -0.39 is 5.97 Å². The molecule has 0 aromatic carbocycles. The van der Waals surface area contributed by atoms with Gasteiger partial charge < -0.3 is 14.4 Å². The number of carbonyl (C=O) groups excluding carboxylic acids is 1. The largest absolute Gasteiger partial charge is 0.481 e. The van der Waals surface area contributed by atoms with Crippen molar-refractivity contribution >= 4 is 11.9 Å². The molecule has 2 heterocycles. The number of carbonyl (C=O) groups is 2. The first-order valence-corrected chi connectivity index (χ1v) is 5.86. The zero-order valence-corrected chi connectivity index (χ0v) is 11.1. The molecule has 0 fully saturated rings. The summed E-state index contributed by atoms with van der Waals surface area (Å²) < 4.78 is 6.58. The Morgan fingerprint density at radius 2 is 2.25 bits per heavy atom. The van der Waals surface area contributed by atoms with Crippen LogP contribution in [0.2, 0.25) is 0 Å². The lowest BCUT2D eigenvalue weighted by atomic mass is 10.2. The quantitative estimate of drug-likeness (QED) is 0.844. The van der Waals surface area contributed by atoms with Gasteiger partial charge in [-0.05, 0) is 6.07 Å². The number of carboxylic acid groups (broad SMARTS) is 1.